The predicted octanol–water partition coefficient (Wildman–Crippen LogP) is 4.55. The highest BCUT2D eigenvalue weighted by Crippen LogP contribution is 2.35. The minimum absolute atomic E-state index is 0.0216. The van der Waals surface area contributed by atoms with E-state index in [0.717, 1.165) is 6.07 Å². The molecule has 0 aromatic heterocycles. The molecule has 2 rings (SSSR count). The van der Waals surface area contributed by atoms with Crippen LogP contribution in [-0.4, -0.2) is 11.6 Å². The molecule has 0 bridgehead atoms. The van der Waals surface area contributed by atoms with Crippen LogP contribution >= 0.6 is 15.9 Å². The lowest BCUT2D eigenvalue weighted by atomic mass is 9.95. The first-order valence-corrected chi connectivity index (χ1v) is 7.46. The Morgan fingerprint density at radius 1 is 1.41 bits per heavy atom. The molecule has 1 aromatic rings. The summed E-state index contributed by atoms with van der Waals surface area (Å²) < 4.78 is 43.5. The van der Waals surface area contributed by atoms with E-state index in [0.29, 0.717) is 6.42 Å². The number of esters is 1. The van der Waals surface area contributed by atoms with E-state index in [-0.39, 0.29) is 28.3 Å². The quantitative estimate of drug-likeness (QED) is 0.532. The molecule has 1 heterocycles. The number of carbonyl (C=O) groups is 1. The maximum Gasteiger partial charge on any atom is 0.417 e. The number of hydrogen-bond acceptors (Lipinski definition) is 2. The number of carbonyl (C=O) groups excluding carboxylic acids is 1. The molecule has 0 saturated carbocycles. The van der Waals surface area contributed by atoms with Gasteiger partial charge in [0.05, 0.1) is 11.5 Å². The summed E-state index contributed by atoms with van der Waals surface area (Å²) >= 11 is 2.88. The second kappa shape index (κ2) is 5.96. The van der Waals surface area contributed by atoms with Crippen LogP contribution in [0, 0.1) is 17.8 Å². The van der Waals surface area contributed by atoms with Gasteiger partial charge in [-0.25, -0.2) is 0 Å². The van der Waals surface area contributed by atoms with Crippen LogP contribution in [-0.2, 0) is 15.7 Å². The third kappa shape index (κ3) is 4.04. The van der Waals surface area contributed by atoms with Crippen molar-refractivity contribution in [1.29, 1.82) is 0 Å². The van der Waals surface area contributed by atoms with Crippen molar-refractivity contribution in [2.75, 3.05) is 0 Å². The average Bonchev–Trinajstić information content (AvgIpc) is 2.63. The van der Waals surface area contributed by atoms with Crippen molar-refractivity contribution >= 4 is 21.9 Å². The molecule has 1 unspecified atom stereocenters. The van der Waals surface area contributed by atoms with Crippen molar-refractivity contribution < 1.29 is 22.7 Å². The second-order valence-electron chi connectivity index (χ2n) is 5.78. The predicted molar refractivity (Wildman–Crippen MR) is 78.9 cm³/mol. The summed E-state index contributed by atoms with van der Waals surface area (Å²) in [5.74, 6) is 4.84. The third-order valence-corrected chi connectivity index (χ3v) is 3.99. The highest BCUT2D eigenvalue weighted by atomic mass is 79.9. The molecule has 1 fully saturated rings. The van der Waals surface area contributed by atoms with E-state index in [9.17, 15) is 18.0 Å². The van der Waals surface area contributed by atoms with Crippen LogP contribution in [0.5, 0.6) is 0 Å². The van der Waals surface area contributed by atoms with Crippen LogP contribution in [0.15, 0.2) is 22.7 Å². The van der Waals surface area contributed by atoms with Crippen molar-refractivity contribution in [2.24, 2.45) is 5.92 Å². The van der Waals surface area contributed by atoms with E-state index in [2.05, 4.69) is 27.8 Å². The van der Waals surface area contributed by atoms with Crippen molar-refractivity contribution in [3.8, 4) is 11.8 Å². The molecule has 0 spiro atoms. The zero-order valence-electron chi connectivity index (χ0n) is 12.1. The summed E-state index contributed by atoms with van der Waals surface area (Å²) in [5, 5.41) is 0. The highest BCUT2D eigenvalue weighted by Gasteiger charge is 2.39. The molecular formula is C16H14BrF3O2. The van der Waals surface area contributed by atoms with Gasteiger partial charge in [-0.05, 0) is 32.0 Å². The van der Waals surface area contributed by atoms with Crippen LogP contribution in [0.3, 0.4) is 0 Å². The number of alkyl halides is 3. The van der Waals surface area contributed by atoms with E-state index in [1.165, 1.54) is 12.1 Å². The molecule has 118 valence electrons. The van der Waals surface area contributed by atoms with E-state index < -0.39 is 17.3 Å². The molecule has 6 heteroatoms. The molecule has 1 atom stereocenters. The maximum atomic E-state index is 12.8. The van der Waals surface area contributed by atoms with Crippen molar-refractivity contribution in [3.05, 3.63) is 33.8 Å². The van der Waals surface area contributed by atoms with Crippen LogP contribution < -0.4 is 0 Å². The first-order valence-electron chi connectivity index (χ1n) is 6.67. The monoisotopic (exact) mass is 374 g/mol. The first-order chi connectivity index (χ1) is 10.1. The van der Waals surface area contributed by atoms with Gasteiger partial charge in [-0.15, -0.1) is 0 Å². The summed E-state index contributed by atoms with van der Waals surface area (Å²) in [4.78, 5) is 11.6. The van der Waals surface area contributed by atoms with Crippen LogP contribution in [0.4, 0.5) is 13.2 Å². The summed E-state index contributed by atoms with van der Waals surface area (Å²) in [6, 6.07) is 3.82. The lowest BCUT2D eigenvalue weighted by molar-refractivity contribution is -0.148. The Balaban J connectivity index is 2.12. The molecule has 22 heavy (non-hydrogen) atoms. The van der Waals surface area contributed by atoms with Gasteiger partial charge in [-0.2, -0.15) is 13.2 Å². The largest absolute Gasteiger partial charge is 0.459 e. The lowest BCUT2D eigenvalue weighted by Gasteiger charge is -2.14. The number of ether oxygens (including phenoxy) is 1. The molecule has 1 aliphatic rings. The van der Waals surface area contributed by atoms with Gasteiger partial charge in [0.25, 0.3) is 0 Å². The van der Waals surface area contributed by atoms with Crippen molar-refractivity contribution in [1.82, 2.24) is 0 Å². The Bertz CT molecular complexity index is 654. The molecule has 2 nitrogen and oxygen atoms in total. The van der Waals surface area contributed by atoms with Crippen LogP contribution in [0.2, 0.25) is 0 Å². The lowest BCUT2D eigenvalue weighted by Crippen LogP contribution is -2.17. The van der Waals surface area contributed by atoms with Crippen LogP contribution in [0.1, 0.15) is 37.8 Å². The second-order valence-corrected chi connectivity index (χ2v) is 6.63. The van der Waals surface area contributed by atoms with Gasteiger partial charge >= 0.3 is 12.1 Å². The van der Waals surface area contributed by atoms with E-state index >= 15 is 0 Å². The zero-order valence-corrected chi connectivity index (χ0v) is 13.6. The minimum Gasteiger partial charge on any atom is -0.459 e. The fraction of sp³-hybridized carbons (Fsp3) is 0.438. The van der Waals surface area contributed by atoms with Gasteiger partial charge in [0.15, 0.2) is 0 Å². The number of benzene rings is 1. The van der Waals surface area contributed by atoms with Gasteiger partial charge in [0.1, 0.15) is 5.60 Å². The normalized spacial score (nSPS) is 20.3. The van der Waals surface area contributed by atoms with E-state index in [4.69, 9.17) is 4.74 Å². The zero-order chi connectivity index (χ0) is 16.5. The summed E-state index contributed by atoms with van der Waals surface area (Å²) in [6.45, 7) is 3.64. The topological polar surface area (TPSA) is 26.3 Å². The SMILES string of the molecule is CC1(C)CC(CC#Cc2ccc(Br)c(C(F)(F)F)c2)C(=O)O1. The van der Waals surface area contributed by atoms with Gasteiger partial charge in [-0.1, -0.05) is 27.8 Å². The molecule has 0 aliphatic carbocycles. The van der Waals surface area contributed by atoms with Gasteiger partial charge in [-0.3, -0.25) is 4.79 Å². The Kier molecular flexibility index (Phi) is 4.57. The number of hydrogen-bond donors (Lipinski definition) is 0. The molecule has 0 N–H and O–H groups in total. The average molecular weight is 375 g/mol. The van der Waals surface area contributed by atoms with Gasteiger partial charge in [0.2, 0.25) is 0 Å². The smallest absolute Gasteiger partial charge is 0.417 e. The third-order valence-electron chi connectivity index (χ3n) is 3.30. The number of cyclic esters (lactones) is 1. The van der Waals surface area contributed by atoms with Crippen molar-refractivity contribution in [3.63, 3.8) is 0 Å². The molecule has 1 saturated heterocycles. The van der Waals surface area contributed by atoms with Crippen LogP contribution in [0.25, 0.3) is 0 Å². The molecule has 0 radical (unpaired) electrons. The van der Waals surface area contributed by atoms with Crippen molar-refractivity contribution in [2.45, 2.75) is 38.5 Å². The summed E-state index contributed by atoms with van der Waals surface area (Å²) in [6.07, 6.45) is -3.59. The Morgan fingerprint density at radius 3 is 2.64 bits per heavy atom. The standard InChI is InChI=1S/C16H14BrF3O2/c1-15(2)9-11(14(21)22-15)5-3-4-10-6-7-13(17)12(8-10)16(18,19)20/h6-8,11H,5,9H2,1-2H3. The minimum atomic E-state index is -4.43. The molecule has 1 aromatic carbocycles. The first kappa shape index (κ1) is 16.9. The molecule has 0 amide bonds. The fourth-order valence-electron chi connectivity index (χ4n) is 2.33. The maximum absolute atomic E-state index is 12.8. The highest BCUT2D eigenvalue weighted by molar-refractivity contribution is 9.10. The fourth-order valence-corrected chi connectivity index (χ4v) is 2.80. The summed E-state index contributed by atoms with van der Waals surface area (Å²) in [5.41, 5.74) is -0.994. The van der Waals surface area contributed by atoms with Gasteiger partial charge < -0.3 is 4.74 Å². The van der Waals surface area contributed by atoms with E-state index in [1.807, 2.05) is 13.8 Å². The number of rotatable bonds is 1. The molecule has 1 aliphatic heterocycles. The Morgan fingerprint density at radius 2 is 2.09 bits per heavy atom. The Hall–Kier alpha value is -1.48. The van der Waals surface area contributed by atoms with E-state index in [1.54, 1.807) is 0 Å². The molecular weight excluding hydrogens is 361 g/mol. The Labute approximate surface area is 135 Å². The van der Waals surface area contributed by atoms with Gasteiger partial charge in [0, 0.05) is 22.9 Å². The summed E-state index contributed by atoms with van der Waals surface area (Å²) in [7, 11) is 0. The number of halogens is 4.